The van der Waals surface area contributed by atoms with Crippen molar-refractivity contribution in [2.75, 3.05) is 19.8 Å². The lowest BCUT2D eigenvalue weighted by molar-refractivity contribution is -0.281. The lowest BCUT2D eigenvalue weighted by Gasteiger charge is -2.40. The van der Waals surface area contributed by atoms with Crippen LogP contribution in [0.2, 0.25) is 0 Å². The van der Waals surface area contributed by atoms with Crippen molar-refractivity contribution in [1.82, 2.24) is 0 Å². The smallest absolute Gasteiger partial charge is 0.162 e. The molecular weight excluding hydrogens is 144 g/mol. The van der Waals surface area contributed by atoms with Crippen LogP contribution in [0.1, 0.15) is 13.8 Å². The van der Waals surface area contributed by atoms with E-state index >= 15 is 0 Å². The summed E-state index contributed by atoms with van der Waals surface area (Å²) in [5.74, 6) is -0.517. The SMILES string of the molecule is [CH2]C1(CO)COC(C)(C)OC1. The molecule has 1 radical (unpaired) electrons. The zero-order valence-electron chi connectivity index (χ0n) is 7.09. The van der Waals surface area contributed by atoms with E-state index in [1.165, 1.54) is 0 Å². The summed E-state index contributed by atoms with van der Waals surface area (Å²) in [5.41, 5.74) is -0.463. The topological polar surface area (TPSA) is 38.7 Å². The first-order valence-corrected chi connectivity index (χ1v) is 3.72. The zero-order valence-corrected chi connectivity index (χ0v) is 7.09. The second-order valence-corrected chi connectivity index (χ2v) is 3.64. The van der Waals surface area contributed by atoms with Crippen LogP contribution in [-0.4, -0.2) is 30.7 Å². The first-order valence-electron chi connectivity index (χ1n) is 3.72. The molecule has 0 bridgehead atoms. The molecule has 1 saturated heterocycles. The van der Waals surface area contributed by atoms with Gasteiger partial charge in [0, 0.05) is 5.41 Å². The minimum atomic E-state index is -0.517. The molecular formula is C8H15O3. The van der Waals surface area contributed by atoms with Crippen molar-refractivity contribution in [1.29, 1.82) is 0 Å². The number of ether oxygens (including phenoxy) is 2. The number of hydrogen-bond acceptors (Lipinski definition) is 3. The van der Waals surface area contributed by atoms with Gasteiger partial charge in [0.25, 0.3) is 0 Å². The highest BCUT2D eigenvalue weighted by atomic mass is 16.7. The minimum Gasteiger partial charge on any atom is -0.396 e. The second kappa shape index (κ2) is 2.73. The Morgan fingerprint density at radius 3 is 2.18 bits per heavy atom. The average Bonchev–Trinajstić information content (AvgIpc) is 1.97. The second-order valence-electron chi connectivity index (χ2n) is 3.64. The van der Waals surface area contributed by atoms with E-state index in [-0.39, 0.29) is 6.61 Å². The predicted octanol–water partition coefficient (Wildman–Crippen LogP) is 0.582. The Morgan fingerprint density at radius 2 is 1.82 bits per heavy atom. The molecule has 3 nitrogen and oxygen atoms in total. The van der Waals surface area contributed by atoms with Crippen LogP contribution in [0.3, 0.4) is 0 Å². The lowest BCUT2D eigenvalue weighted by atomic mass is 9.93. The molecule has 11 heavy (non-hydrogen) atoms. The fourth-order valence-corrected chi connectivity index (χ4v) is 0.828. The van der Waals surface area contributed by atoms with Crippen LogP contribution in [0, 0.1) is 12.3 Å². The Kier molecular flexibility index (Phi) is 2.23. The third-order valence-electron chi connectivity index (χ3n) is 1.79. The summed E-state index contributed by atoms with van der Waals surface area (Å²) in [5, 5.41) is 8.90. The molecule has 0 aromatic heterocycles. The monoisotopic (exact) mass is 159 g/mol. The van der Waals surface area contributed by atoms with Crippen molar-refractivity contribution in [3.05, 3.63) is 6.92 Å². The predicted molar refractivity (Wildman–Crippen MR) is 40.9 cm³/mol. The van der Waals surface area contributed by atoms with Crippen molar-refractivity contribution in [2.45, 2.75) is 19.6 Å². The van der Waals surface area contributed by atoms with Crippen molar-refractivity contribution in [2.24, 2.45) is 5.41 Å². The molecule has 1 rings (SSSR count). The molecule has 0 aliphatic carbocycles. The highest BCUT2D eigenvalue weighted by molar-refractivity contribution is 4.84. The molecule has 0 unspecified atom stereocenters. The third kappa shape index (κ3) is 2.15. The van der Waals surface area contributed by atoms with E-state index in [1.807, 2.05) is 13.8 Å². The summed E-state index contributed by atoms with van der Waals surface area (Å²) in [7, 11) is 0. The van der Waals surface area contributed by atoms with Gasteiger partial charge in [-0.15, -0.1) is 0 Å². The van der Waals surface area contributed by atoms with Crippen LogP contribution in [-0.2, 0) is 9.47 Å². The highest BCUT2D eigenvalue weighted by Gasteiger charge is 2.35. The van der Waals surface area contributed by atoms with Gasteiger partial charge in [0.1, 0.15) is 0 Å². The molecule has 0 saturated carbocycles. The number of rotatable bonds is 1. The first-order chi connectivity index (χ1) is 4.97. The number of aliphatic hydroxyl groups is 1. The summed E-state index contributed by atoms with van der Waals surface area (Å²) in [6.45, 7) is 8.43. The number of aliphatic hydroxyl groups excluding tert-OH is 1. The van der Waals surface area contributed by atoms with E-state index in [2.05, 4.69) is 6.92 Å². The standard InChI is InChI=1S/C8H15O3/c1-7(2)10-5-8(3,4-9)6-11-7/h9H,3-6H2,1-2H3. The minimum absolute atomic E-state index is 0.00306. The molecule has 1 fully saturated rings. The van der Waals surface area contributed by atoms with Crippen molar-refractivity contribution >= 4 is 0 Å². The van der Waals surface area contributed by atoms with Crippen LogP contribution in [0.25, 0.3) is 0 Å². The summed E-state index contributed by atoms with van der Waals surface area (Å²) in [6.07, 6.45) is 0. The molecule has 0 spiro atoms. The third-order valence-corrected chi connectivity index (χ3v) is 1.79. The summed E-state index contributed by atoms with van der Waals surface area (Å²) in [6, 6.07) is 0. The van der Waals surface area contributed by atoms with Gasteiger partial charge in [-0.1, -0.05) is 0 Å². The van der Waals surface area contributed by atoms with Gasteiger partial charge in [-0.3, -0.25) is 0 Å². The molecule has 3 heteroatoms. The molecule has 0 aromatic carbocycles. The first kappa shape index (κ1) is 8.97. The summed E-state index contributed by atoms with van der Waals surface area (Å²) >= 11 is 0. The molecule has 1 N–H and O–H groups in total. The molecule has 1 aliphatic heterocycles. The van der Waals surface area contributed by atoms with Crippen LogP contribution >= 0.6 is 0 Å². The largest absolute Gasteiger partial charge is 0.396 e. The maximum Gasteiger partial charge on any atom is 0.162 e. The van der Waals surface area contributed by atoms with Crippen molar-refractivity contribution in [3.63, 3.8) is 0 Å². The average molecular weight is 159 g/mol. The molecule has 0 atom stereocenters. The number of hydrogen-bond donors (Lipinski definition) is 1. The van der Waals surface area contributed by atoms with Crippen LogP contribution < -0.4 is 0 Å². The lowest BCUT2D eigenvalue weighted by Crippen LogP contribution is -2.46. The molecule has 0 aromatic rings. The van der Waals surface area contributed by atoms with Crippen molar-refractivity contribution in [3.8, 4) is 0 Å². The Bertz CT molecular complexity index is 132. The normalized spacial score (nSPS) is 28.4. The van der Waals surface area contributed by atoms with Gasteiger partial charge in [-0.2, -0.15) is 0 Å². The molecule has 1 aliphatic rings. The van der Waals surface area contributed by atoms with Crippen LogP contribution in [0.15, 0.2) is 0 Å². The van der Waals surface area contributed by atoms with Crippen LogP contribution in [0.5, 0.6) is 0 Å². The molecule has 0 amide bonds. The van der Waals surface area contributed by atoms with Gasteiger partial charge in [-0.05, 0) is 20.8 Å². The van der Waals surface area contributed by atoms with Gasteiger partial charge in [0.2, 0.25) is 0 Å². The van der Waals surface area contributed by atoms with E-state index in [1.54, 1.807) is 0 Å². The summed E-state index contributed by atoms with van der Waals surface area (Å²) < 4.78 is 10.7. The Labute approximate surface area is 67.3 Å². The highest BCUT2D eigenvalue weighted by Crippen LogP contribution is 2.27. The maximum atomic E-state index is 8.90. The zero-order chi connectivity index (χ0) is 8.54. The van der Waals surface area contributed by atoms with Gasteiger partial charge in [0.05, 0.1) is 19.8 Å². The molecule has 1 heterocycles. The quantitative estimate of drug-likeness (QED) is 0.608. The fraction of sp³-hybridized carbons (Fsp3) is 0.875. The van der Waals surface area contributed by atoms with E-state index in [9.17, 15) is 0 Å². The summed E-state index contributed by atoms with van der Waals surface area (Å²) in [4.78, 5) is 0. The molecule has 65 valence electrons. The van der Waals surface area contributed by atoms with E-state index < -0.39 is 11.2 Å². The fourth-order valence-electron chi connectivity index (χ4n) is 0.828. The maximum absolute atomic E-state index is 8.90. The van der Waals surface area contributed by atoms with Gasteiger partial charge >= 0.3 is 0 Å². The van der Waals surface area contributed by atoms with Crippen molar-refractivity contribution < 1.29 is 14.6 Å². The Hall–Kier alpha value is -0.120. The van der Waals surface area contributed by atoms with E-state index in [0.717, 1.165) is 0 Å². The van der Waals surface area contributed by atoms with E-state index in [4.69, 9.17) is 14.6 Å². The van der Waals surface area contributed by atoms with Gasteiger partial charge < -0.3 is 14.6 Å². The Morgan fingerprint density at radius 1 is 1.36 bits per heavy atom. The van der Waals surface area contributed by atoms with Crippen LogP contribution in [0.4, 0.5) is 0 Å². The Balaban J connectivity index is 2.48. The van der Waals surface area contributed by atoms with Gasteiger partial charge in [-0.25, -0.2) is 0 Å². The van der Waals surface area contributed by atoms with E-state index in [0.29, 0.717) is 13.2 Å². The van der Waals surface area contributed by atoms with Gasteiger partial charge in [0.15, 0.2) is 5.79 Å².